The van der Waals surface area contributed by atoms with E-state index in [4.69, 9.17) is 0 Å². The normalized spacial score (nSPS) is 10.5. The fourth-order valence-corrected chi connectivity index (χ4v) is 3.38. The fraction of sp³-hybridized carbons (Fsp3) is 0.115. The number of halogens is 1. The number of aromatic nitrogens is 2. The summed E-state index contributed by atoms with van der Waals surface area (Å²) in [5.74, 6) is -0.221. The molecule has 0 saturated carbocycles. The standard InChI is InChI=1S/C26H24FN5O/c27-21-6-3-5-19(15-21)12-14-29-24-9-2-1-8-23(24)25-11-10-20(16-30-25)17-31-26(33)32-22-7-4-13-28-18-22/h1-11,13,15-16,18,29H,12,14,17H2,(H2,31,32,33). The average Bonchev–Trinajstić information content (AvgIpc) is 2.84. The maximum absolute atomic E-state index is 13.4. The molecule has 0 bridgehead atoms. The third-order valence-corrected chi connectivity index (χ3v) is 5.02. The Morgan fingerprint density at radius 1 is 0.909 bits per heavy atom. The predicted octanol–water partition coefficient (Wildman–Crippen LogP) is 5.26. The van der Waals surface area contributed by atoms with Crippen molar-refractivity contribution in [3.63, 3.8) is 0 Å². The van der Waals surface area contributed by atoms with Gasteiger partial charge in [-0.05, 0) is 53.9 Å². The first-order valence-corrected chi connectivity index (χ1v) is 10.6. The monoisotopic (exact) mass is 441 g/mol. The Bertz CT molecular complexity index is 1200. The molecule has 2 aromatic heterocycles. The van der Waals surface area contributed by atoms with Gasteiger partial charge in [-0.25, -0.2) is 9.18 Å². The van der Waals surface area contributed by atoms with Crippen molar-refractivity contribution < 1.29 is 9.18 Å². The zero-order valence-electron chi connectivity index (χ0n) is 18.0. The number of nitrogens with zero attached hydrogens (tertiary/aromatic N) is 2. The van der Waals surface area contributed by atoms with Crippen molar-refractivity contribution in [3.05, 3.63) is 108 Å². The molecule has 2 heterocycles. The lowest BCUT2D eigenvalue weighted by atomic mass is 10.1. The number of rotatable bonds is 8. The second-order valence-electron chi connectivity index (χ2n) is 7.45. The summed E-state index contributed by atoms with van der Waals surface area (Å²) in [6.07, 6.45) is 5.70. The fourth-order valence-electron chi connectivity index (χ4n) is 3.38. The molecule has 2 amide bonds. The molecule has 4 rings (SSSR count). The average molecular weight is 442 g/mol. The van der Waals surface area contributed by atoms with Crippen LogP contribution in [0.5, 0.6) is 0 Å². The molecule has 7 heteroatoms. The van der Waals surface area contributed by atoms with E-state index in [2.05, 4.69) is 25.9 Å². The van der Waals surface area contributed by atoms with E-state index in [1.807, 2.05) is 42.5 Å². The smallest absolute Gasteiger partial charge is 0.319 e. The van der Waals surface area contributed by atoms with Crippen LogP contribution in [0, 0.1) is 5.82 Å². The van der Waals surface area contributed by atoms with E-state index < -0.39 is 0 Å². The van der Waals surface area contributed by atoms with Crippen molar-refractivity contribution in [3.8, 4) is 11.3 Å². The van der Waals surface area contributed by atoms with Gasteiger partial charge >= 0.3 is 6.03 Å². The number of hydrogen-bond acceptors (Lipinski definition) is 4. The maximum atomic E-state index is 13.4. The van der Waals surface area contributed by atoms with E-state index in [0.717, 1.165) is 28.1 Å². The van der Waals surface area contributed by atoms with Crippen LogP contribution in [0.3, 0.4) is 0 Å². The number of nitrogens with one attached hydrogen (secondary N) is 3. The molecule has 0 aliphatic heterocycles. The molecule has 0 saturated heterocycles. The summed E-state index contributed by atoms with van der Waals surface area (Å²) in [7, 11) is 0. The molecule has 0 unspecified atom stereocenters. The molecule has 4 aromatic rings. The molecule has 6 nitrogen and oxygen atoms in total. The van der Waals surface area contributed by atoms with Crippen LogP contribution in [-0.2, 0) is 13.0 Å². The van der Waals surface area contributed by atoms with Crippen molar-refractivity contribution in [2.24, 2.45) is 0 Å². The Labute approximate surface area is 191 Å². The van der Waals surface area contributed by atoms with Crippen LogP contribution in [0.15, 0.2) is 91.4 Å². The van der Waals surface area contributed by atoms with Crippen molar-refractivity contribution in [1.82, 2.24) is 15.3 Å². The van der Waals surface area contributed by atoms with E-state index in [1.165, 1.54) is 6.07 Å². The van der Waals surface area contributed by atoms with Crippen molar-refractivity contribution in [2.45, 2.75) is 13.0 Å². The van der Waals surface area contributed by atoms with Gasteiger partial charge in [-0.15, -0.1) is 0 Å². The number of urea groups is 1. The van der Waals surface area contributed by atoms with Gasteiger partial charge in [-0.3, -0.25) is 9.97 Å². The lowest BCUT2D eigenvalue weighted by Crippen LogP contribution is -2.28. The zero-order valence-corrected chi connectivity index (χ0v) is 18.0. The van der Waals surface area contributed by atoms with E-state index in [1.54, 1.807) is 42.9 Å². The number of anilines is 2. The van der Waals surface area contributed by atoms with Gasteiger partial charge < -0.3 is 16.0 Å². The van der Waals surface area contributed by atoms with E-state index >= 15 is 0 Å². The van der Waals surface area contributed by atoms with Gasteiger partial charge in [0, 0.05) is 36.7 Å². The summed E-state index contributed by atoms with van der Waals surface area (Å²) < 4.78 is 13.4. The van der Waals surface area contributed by atoms with Crippen LogP contribution >= 0.6 is 0 Å². The molecule has 0 radical (unpaired) electrons. The van der Waals surface area contributed by atoms with Crippen molar-refractivity contribution in [1.29, 1.82) is 0 Å². The first kappa shape index (κ1) is 22.0. The SMILES string of the molecule is O=C(NCc1ccc(-c2ccccc2NCCc2cccc(F)c2)nc1)Nc1cccnc1. The van der Waals surface area contributed by atoms with Crippen molar-refractivity contribution in [2.75, 3.05) is 17.2 Å². The van der Waals surface area contributed by atoms with Crippen LogP contribution in [0.1, 0.15) is 11.1 Å². The number of pyridine rings is 2. The molecule has 0 aliphatic carbocycles. The number of carbonyl (C=O) groups is 1. The highest BCUT2D eigenvalue weighted by atomic mass is 19.1. The molecule has 33 heavy (non-hydrogen) atoms. The third kappa shape index (κ3) is 6.36. The minimum absolute atomic E-state index is 0.221. The summed E-state index contributed by atoms with van der Waals surface area (Å²) in [5, 5.41) is 8.96. The molecule has 2 aromatic carbocycles. The molecule has 0 spiro atoms. The molecular weight excluding hydrogens is 417 g/mol. The first-order chi connectivity index (χ1) is 16.2. The van der Waals surface area contributed by atoms with Gasteiger partial charge in [0.1, 0.15) is 5.82 Å². The predicted molar refractivity (Wildman–Crippen MR) is 128 cm³/mol. The largest absolute Gasteiger partial charge is 0.384 e. The van der Waals surface area contributed by atoms with Crippen LogP contribution in [0.25, 0.3) is 11.3 Å². The summed E-state index contributed by atoms with van der Waals surface area (Å²) in [6.45, 7) is 1.03. The van der Waals surface area contributed by atoms with Gasteiger partial charge in [-0.2, -0.15) is 0 Å². The molecular formula is C26H24FN5O. The lowest BCUT2D eigenvalue weighted by molar-refractivity contribution is 0.251. The second-order valence-corrected chi connectivity index (χ2v) is 7.45. The van der Waals surface area contributed by atoms with E-state index in [-0.39, 0.29) is 11.8 Å². The lowest BCUT2D eigenvalue weighted by Gasteiger charge is -2.12. The van der Waals surface area contributed by atoms with Crippen LogP contribution in [0.4, 0.5) is 20.6 Å². The highest BCUT2D eigenvalue weighted by Crippen LogP contribution is 2.26. The number of amides is 2. The van der Waals surface area contributed by atoms with Crippen LogP contribution < -0.4 is 16.0 Å². The third-order valence-electron chi connectivity index (χ3n) is 5.02. The zero-order chi connectivity index (χ0) is 22.9. The molecule has 0 aliphatic rings. The van der Waals surface area contributed by atoms with E-state index in [9.17, 15) is 9.18 Å². The quantitative estimate of drug-likeness (QED) is 0.349. The number of para-hydroxylation sites is 1. The molecule has 0 fully saturated rings. The van der Waals surface area contributed by atoms with Crippen molar-refractivity contribution >= 4 is 17.4 Å². The highest BCUT2D eigenvalue weighted by Gasteiger charge is 2.07. The van der Waals surface area contributed by atoms with Crippen LogP contribution in [0.2, 0.25) is 0 Å². The van der Waals surface area contributed by atoms with Gasteiger partial charge in [-0.1, -0.05) is 36.4 Å². The second kappa shape index (κ2) is 10.9. The topological polar surface area (TPSA) is 78.9 Å². The summed E-state index contributed by atoms with van der Waals surface area (Å²) in [6, 6.07) is 21.7. The minimum Gasteiger partial charge on any atom is -0.384 e. The Hall–Kier alpha value is -4.26. The summed E-state index contributed by atoms with van der Waals surface area (Å²) in [4.78, 5) is 20.6. The highest BCUT2D eigenvalue weighted by molar-refractivity contribution is 5.88. The number of carbonyl (C=O) groups excluding carboxylic acids is 1. The Morgan fingerprint density at radius 3 is 2.61 bits per heavy atom. The molecule has 0 atom stereocenters. The van der Waals surface area contributed by atoms with Gasteiger partial charge in [0.05, 0.1) is 17.6 Å². The van der Waals surface area contributed by atoms with Gasteiger partial charge in [0.15, 0.2) is 0 Å². The Kier molecular flexibility index (Phi) is 7.22. The molecule has 3 N–H and O–H groups in total. The summed E-state index contributed by atoms with van der Waals surface area (Å²) in [5.41, 5.74) is 5.23. The Balaban J connectivity index is 1.34. The Morgan fingerprint density at radius 2 is 1.82 bits per heavy atom. The van der Waals surface area contributed by atoms with Gasteiger partial charge in [0.2, 0.25) is 0 Å². The van der Waals surface area contributed by atoms with Gasteiger partial charge in [0.25, 0.3) is 0 Å². The maximum Gasteiger partial charge on any atom is 0.319 e. The number of hydrogen-bond donors (Lipinski definition) is 3. The molecule has 166 valence electrons. The van der Waals surface area contributed by atoms with Crippen LogP contribution in [-0.4, -0.2) is 22.5 Å². The summed E-state index contributed by atoms with van der Waals surface area (Å²) >= 11 is 0. The first-order valence-electron chi connectivity index (χ1n) is 10.6. The number of benzene rings is 2. The van der Waals surface area contributed by atoms with E-state index in [0.29, 0.717) is 25.2 Å². The minimum atomic E-state index is -0.306.